The molecule has 3 N–H and O–H groups in total. The Hall–Kier alpha value is -2.04. The number of nitrogens with two attached hydrogens (primary N) is 1. The van der Waals surface area contributed by atoms with Crippen molar-refractivity contribution >= 4 is 0 Å². The molecule has 0 bridgehead atoms. The fraction of sp³-hybridized carbons (Fsp3) is 0.200. The molecule has 0 fully saturated rings. The summed E-state index contributed by atoms with van der Waals surface area (Å²) in [6.45, 7) is 1.10. The Morgan fingerprint density at radius 1 is 1.00 bits per heavy atom. The minimum Gasteiger partial charge on any atom is -0.493 e. The minimum absolute atomic E-state index is 0.511. The first-order chi connectivity index (χ1) is 9.33. The van der Waals surface area contributed by atoms with Gasteiger partial charge in [0.25, 0.3) is 0 Å². The molecule has 0 spiro atoms. The van der Waals surface area contributed by atoms with Gasteiger partial charge in [-0.2, -0.15) is 0 Å². The lowest BCUT2D eigenvalue weighted by Crippen LogP contribution is -2.20. The van der Waals surface area contributed by atoms with Crippen LogP contribution in [-0.2, 0) is 13.2 Å². The van der Waals surface area contributed by atoms with E-state index in [1.165, 1.54) is 0 Å². The van der Waals surface area contributed by atoms with Gasteiger partial charge in [-0.05, 0) is 23.3 Å². The normalized spacial score (nSPS) is 10.2. The van der Waals surface area contributed by atoms with E-state index in [0.29, 0.717) is 13.2 Å². The van der Waals surface area contributed by atoms with E-state index in [1.807, 2.05) is 48.5 Å². The van der Waals surface area contributed by atoms with Crippen molar-refractivity contribution in [3.63, 3.8) is 0 Å². The molecule has 0 aromatic heterocycles. The van der Waals surface area contributed by atoms with Crippen molar-refractivity contribution in [2.45, 2.75) is 13.2 Å². The van der Waals surface area contributed by atoms with Crippen LogP contribution in [0, 0.1) is 0 Å². The smallest absolute Gasteiger partial charge is 0.161 e. The molecule has 0 saturated carbocycles. The average Bonchev–Trinajstić information content (AvgIpc) is 2.47. The molecule has 2 aromatic carbocycles. The van der Waals surface area contributed by atoms with E-state index in [9.17, 15) is 0 Å². The first-order valence-electron chi connectivity index (χ1n) is 6.10. The van der Waals surface area contributed by atoms with Crippen molar-refractivity contribution in [3.05, 3.63) is 59.7 Å². The lowest BCUT2D eigenvalue weighted by molar-refractivity contribution is 0.284. The fourth-order valence-electron chi connectivity index (χ4n) is 1.80. The van der Waals surface area contributed by atoms with Crippen molar-refractivity contribution in [3.8, 4) is 11.5 Å². The zero-order chi connectivity index (χ0) is 13.5. The maximum atomic E-state index is 5.81. The highest BCUT2D eigenvalue weighted by Crippen LogP contribution is 2.28. The summed E-state index contributed by atoms with van der Waals surface area (Å²) in [4.78, 5) is 0. The Bertz CT molecular complexity index is 515. The Kier molecular flexibility index (Phi) is 4.78. The molecule has 0 amide bonds. The zero-order valence-electron chi connectivity index (χ0n) is 10.9. The lowest BCUT2D eigenvalue weighted by Gasteiger charge is -2.12. The minimum atomic E-state index is 0.511. The van der Waals surface area contributed by atoms with Crippen molar-refractivity contribution in [1.29, 1.82) is 0 Å². The molecule has 2 rings (SSSR count). The van der Waals surface area contributed by atoms with Gasteiger partial charge in [0.15, 0.2) is 11.5 Å². The van der Waals surface area contributed by atoms with E-state index in [1.54, 1.807) is 7.11 Å². The van der Waals surface area contributed by atoms with Crippen LogP contribution in [0.3, 0.4) is 0 Å². The van der Waals surface area contributed by atoms with Crippen LogP contribution in [0.4, 0.5) is 0 Å². The monoisotopic (exact) mass is 258 g/mol. The number of benzene rings is 2. The number of hydrazine groups is 1. The Morgan fingerprint density at radius 2 is 1.79 bits per heavy atom. The van der Waals surface area contributed by atoms with Crippen LogP contribution in [0.15, 0.2) is 48.5 Å². The molecular weight excluding hydrogens is 240 g/mol. The van der Waals surface area contributed by atoms with Gasteiger partial charge in [0.05, 0.1) is 7.11 Å². The van der Waals surface area contributed by atoms with Gasteiger partial charge in [0.2, 0.25) is 0 Å². The van der Waals surface area contributed by atoms with Gasteiger partial charge in [-0.3, -0.25) is 11.3 Å². The molecule has 4 nitrogen and oxygen atoms in total. The second kappa shape index (κ2) is 6.78. The van der Waals surface area contributed by atoms with Crippen molar-refractivity contribution in [2.75, 3.05) is 7.11 Å². The second-order valence-electron chi connectivity index (χ2n) is 4.14. The molecule has 19 heavy (non-hydrogen) atoms. The highest BCUT2D eigenvalue weighted by atomic mass is 16.5. The molecule has 2 aromatic rings. The Labute approximate surface area is 113 Å². The Balaban J connectivity index is 2.11. The number of hydrogen-bond acceptors (Lipinski definition) is 4. The standard InChI is InChI=1S/C15H18N2O2/c1-18-14-8-7-13(10-17-16)9-15(14)19-11-12-5-3-2-4-6-12/h2-9,17H,10-11,16H2,1H3. The number of rotatable bonds is 6. The van der Waals surface area contributed by atoms with E-state index >= 15 is 0 Å². The van der Waals surface area contributed by atoms with Gasteiger partial charge < -0.3 is 9.47 Å². The van der Waals surface area contributed by atoms with E-state index in [4.69, 9.17) is 15.3 Å². The predicted molar refractivity (Wildman–Crippen MR) is 74.8 cm³/mol. The summed E-state index contributed by atoms with van der Waals surface area (Å²) in [5.74, 6) is 6.76. The Morgan fingerprint density at radius 3 is 2.47 bits per heavy atom. The number of nitrogens with one attached hydrogen (secondary N) is 1. The third-order valence-corrected chi connectivity index (χ3v) is 2.77. The number of ether oxygens (including phenoxy) is 2. The topological polar surface area (TPSA) is 56.5 Å². The summed E-state index contributed by atoms with van der Waals surface area (Å²) in [5.41, 5.74) is 4.79. The molecular formula is C15H18N2O2. The zero-order valence-corrected chi connectivity index (χ0v) is 10.9. The van der Waals surface area contributed by atoms with E-state index in [-0.39, 0.29) is 0 Å². The first-order valence-corrected chi connectivity index (χ1v) is 6.10. The van der Waals surface area contributed by atoms with Crippen LogP contribution in [0.1, 0.15) is 11.1 Å². The molecule has 0 saturated heterocycles. The summed E-state index contributed by atoms with van der Waals surface area (Å²) in [7, 11) is 1.63. The SMILES string of the molecule is COc1ccc(CNN)cc1OCc1ccccc1. The molecule has 0 aliphatic heterocycles. The summed E-state index contributed by atoms with van der Waals surface area (Å²) >= 11 is 0. The molecule has 0 aliphatic carbocycles. The average molecular weight is 258 g/mol. The van der Waals surface area contributed by atoms with Crippen LogP contribution < -0.4 is 20.7 Å². The van der Waals surface area contributed by atoms with Crippen LogP contribution in [0.25, 0.3) is 0 Å². The lowest BCUT2D eigenvalue weighted by atomic mass is 10.2. The van der Waals surface area contributed by atoms with Crippen molar-refractivity contribution in [1.82, 2.24) is 5.43 Å². The van der Waals surface area contributed by atoms with Gasteiger partial charge in [-0.15, -0.1) is 0 Å². The van der Waals surface area contributed by atoms with Gasteiger partial charge in [-0.1, -0.05) is 36.4 Å². The fourth-order valence-corrected chi connectivity index (χ4v) is 1.80. The van der Waals surface area contributed by atoms with Crippen LogP contribution in [-0.4, -0.2) is 7.11 Å². The maximum Gasteiger partial charge on any atom is 0.161 e. The third-order valence-electron chi connectivity index (χ3n) is 2.77. The van der Waals surface area contributed by atoms with E-state index in [0.717, 1.165) is 22.6 Å². The summed E-state index contributed by atoms with van der Waals surface area (Å²) < 4.78 is 11.1. The molecule has 100 valence electrons. The molecule has 0 radical (unpaired) electrons. The molecule has 0 unspecified atom stereocenters. The van der Waals surface area contributed by atoms with Crippen molar-refractivity contribution < 1.29 is 9.47 Å². The predicted octanol–water partition coefficient (Wildman–Crippen LogP) is 2.24. The second-order valence-corrected chi connectivity index (χ2v) is 4.14. The van der Waals surface area contributed by atoms with E-state index < -0.39 is 0 Å². The molecule has 0 atom stereocenters. The molecule has 4 heteroatoms. The summed E-state index contributed by atoms with van der Waals surface area (Å²) in [6.07, 6.45) is 0. The largest absolute Gasteiger partial charge is 0.493 e. The van der Waals surface area contributed by atoms with Crippen LogP contribution in [0.2, 0.25) is 0 Å². The van der Waals surface area contributed by atoms with Gasteiger partial charge in [-0.25, -0.2) is 0 Å². The van der Waals surface area contributed by atoms with Crippen molar-refractivity contribution in [2.24, 2.45) is 5.84 Å². The highest BCUT2D eigenvalue weighted by Gasteiger charge is 2.06. The molecule has 0 heterocycles. The maximum absolute atomic E-state index is 5.81. The molecule has 0 aliphatic rings. The van der Waals surface area contributed by atoms with Crippen LogP contribution in [0.5, 0.6) is 11.5 Å². The summed E-state index contributed by atoms with van der Waals surface area (Å²) in [6, 6.07) is 15.8. The number of methoxy groups -OCH3 is 1. The number of hydrogen-bond donors (Lipinski definition) is 2. The summed E-state index contributed by atoms with van der Waals surface area (Å²) in [5, 5.41) is 0. The van der Waals surface area contributed by atoms with E-state index in [2.05, 4.69) is 5.43 Å². The first kappa shape index (κ1) is 13.4. The van der Waals surface area contributed by atoms with Crippen LogP contribution >= 0.6 is 0 Å². The van der Waals surface area contributed by atoms with Gasteiger partial charge >= 0.3 is 0 Å². The highest BCUT2D eigenvalue weighted by molar-refractivity contribution is 5.43. The third kappa shape index (κ3) is 3.71. The van der Waals surface area contributed by atoms with Gasteiger partial charge in [0, 0.05) is 6.54 Å². The van der Waals surface area contributed by atoms with Gasteiger partial charge in [0.1, 0.15) is 6.61 Å². The quantitative estimate of drug-likeness (QED) is 0.616.